The lowest BCUT2D eigenvalue weighted by molar-refractivity contribution is 0.335. The van der Waals surface area contributed by atoms with Crippen LogP contribution in [0.4, 0.5) is 0 Å². The first-order valence-corrected chi connectivity index (χ1v) is 15.8. The van der Waals surface area contributed by atoms with Crippen molar-refractivity contribution >= 4 is 26.6 Å². The van der Waals surface area contributed by atoms with Gasteiger partial charge in [0.05, 0.1) is 15.9 Å². The first-order valence-electron chi connectivity index (χ1n) is 13.1. The molecule has 5 nitrogen and oxygen atoms in total. The summed E-state index contributed by atoms with van der Waals surface area (Å²) in [4.78, 5) is 0.300. The van der Waals surface area contributed by atoms with E-state index >= 15 is 0 Å². The molecule has 0 spiro atoms. The largest absolute Gasteiger partial charge is 0.243 e. The highest BCUT2D eigenvalue weighted by Gasteiger charge is 2.22. The Morgan fingerprint density at radius 1 is 1.00 bits per heavy atom. The fourth-order valence-electron chi connectivity index (χ4n) is 4.20. The van der Waals surface area contributed by atoms with E-state index in [2.05, 4.69) is 46.7 Å². The predicted molar refractivity (Wildman–Crippen MR) is 154 cm³/mol. The third-order valence-electron chi connectivity index (χ3n) is 6.59. The van der Waals surface area contributed by atoms with E-state index in [9.17, 15) is 12.6 Å². The van der Waals surface area contributed by atoms with Gasteiger partial charge in [0.15, 0.2) is 0 Å². The van der Waals surface area contributed by atoms with E-state index in [4.69, 9.17) is 0 Å². The molecule has 2 aromatic rings. The molecule has 0 saturated heterocycles. The van der Waals surface area contributed by atoms with Crippen LogP contribution in [0, 0.1) is 18.8 Å². The summed E-state index contributed by atoms with van der Waals surface area (Å²) in [6, 6.07) is 15.4. The van der Waals surface area contributed by atoms with Crippen molar-refractivity contribution in [2.75, 3.05) is 13.1 Å². The second kappa shape index (κ2) is 14.8. The molecular weight excluding hydrogens is 488 g/mol. The normalized spacial score (nSPS) is 17.6. The van der Waals surface area contributed by atoms with Crippen molar-refractivity contribution in [1.29, 1.82) is 0 Å². The summed E-state index contributed by atoms with van der Waals surface area (Å²) in [7, 11) is -4.44. The molecule has 3 unspecified atom stereocenters. The Bertz CT molecular complexity index is 1090. The zero-order valence-electron chi connectivity index (χ0n) is 22.7. The number of hydrogen-bond acceptors (Lipinski definition) is 3. The number of rotatable bonds is 11. The van der Waals surface area contributed by atoms with Gasteiger partial charge in [0.1, 0.15) is 0 Å². The van der Waals surface area contributed by atoms with Gasteiger partial charge in [0.2, 0.25) is 10.0 Å². The number of benzene rings is 2. The molecule has 7 heteroatoms. The summed E-state index contributed by atoms with van der Waals surface area (Å²) >= 11 is 0. The van der Waals surface area contributed by atoms with Gasteiger partial charge in [-0.3, -0.25) is 0 Å². The Hall–Kier alpha value is -1.80. The zero-order chi connectivity index (χ0) is 26.7. The maximum atomic E-state index is 12.4. The molecule has 0 saturated carbocycles. The predicted octanol–water partition coefficient (Wildman–Crippen LogP) is 6.02. The number of allylic oxidation sites excluding steroid dienone is 2. The van der Waals surface area contributed by atoms with Crippen LogP contribution in [-0.2, 0) is 27.4 Å². The summed E-state index contributed by atoms with van der Waals surface area (Å²) in [5.41, 5.74) is 4.78. The van der Waals surface area contributed by atoms with Gasteiger partial charge in [0, 0.05) is 18.3 Å². The Balaban J connectivity index is 0.00000222. The molecule has 0 radical (unpaired) electrons. The average molecular weight is 533 g/mol. The minimum absolute atomic E-state index is 0.140. The smallest absolute Gasteiger partial charge is 0.240 e. The molecule has 200 valence electrons. The van der Waals surface area contributed by atoms with Gasteiger partial charge in [-0.05, 0) is 87.1 Å². The van der Waals surface area contributed by atoms with Crippen LogP contribution >= 0.6 is 0 Å². The van der Waals surface area contributed by atoms with Gasteiger partial charge in [-0.1, -0.05) is 68.8 Å². The fraction of sp³-hybridized carbons (Fsp3) is 0.517. The van der Waals surface area contributed by atoms with Gasteiger partial charge in [0.25, 0.3) is 0 Å². The average Bonchev–Trinajstić information content (AvgIpc) is 2.89. The van der Waals surface area contributed by atoms with Crippen LogP contribution in [0.5, 0.6) is 0 Å². The second-order valence-electron chi connectivity index (χ2n) is 9.59. The van der Waals surface area contributed by atoms with Gasteiger partial charge >= 0.3 is 0 Å². The molecular formula is C29H44N2O3S2. The molecule has 0 fully saturated rings. The fourth-order valence-corrected chi connectivity index (χ4v) is 5.99. The minimum Gasteiger partial charge on any atom is -0.243 e. The highest BCUT2D eigenvalue weighted by atomic mass is 32.2. The Labute approximate surface area is 221 Å². The van der Waals surface area contributed by atoms with E-state index in [1.165, 1.54) is 11.1 Å². The standard InChI is InChI=1S/C27H38N2O3S2.C2H6/c1-20(2)33(30)28-19-22(4)24-11-13-26(14-12-24)25-9-7-23(8-10-25)17-18-29-34(31,32)27-15-5-21(3)6-16-27;1-2/h5-10,13,15-16,20,22,24,28-29H,11-12,14,17-19H2,1-4H3;1-2H3. The summed E-state index contributed by atoms with van der Waals surface area (Å²) < 4.78 is 42.7. The Morgan fingerprint density at radius 2 is 1.64 bits per heavy atom. The number of aryl methyl sites for hydroxylation is 1. The lowest BCUT2D eigenvalue weighted by atomic mass is 9.80. The third-order valence-corrected chi connectivity index (χ3v) is 9.38. The van der Waals surface area contributed by atoms with Crippen molar-refractivity contribution < 1.29 is 12.6 Å². The molecule has 1 aliphatic rings. The molecule has 0 heterocycles. The third kappa shape index (κ3) is 9.25. The molecule has 36 heavy (non-hydrogen) atoms. The van der Waals surface area contributed by atoms with Crippen molar-refractivity contribution in [3.63, 3.8) is 0 Å². The minimum atomic E-state index is -3.48. The van der Waals surface area contributed by atoms with E-state index in [0.717, 1.165) is 36.9 Å². The van der Waals surface area contributed by atoms with Crippen molar-refractivity contribution in [3.8, 4) is 0 Å². The summed E-state index contributed by atoms with van der Waals surface area (Å²) in [6.45, 7) is 13.3. The molecule has 0 aromatic heterocycles. The van der Waals surface area contributed by atoms with E-state index in [-0.39, 0.29) is 5.25 Å². The van der Waals surface area contributed by atoms with Crippen molar-refractivity contribution in [3.05, 3.63) is 71.3 Å². The molecule has 0 bridgehead atoms. The SMILES string of the molecule is CC.Cc1ccc(S(=O)(=O)NCCc2ccc(C3=CCC(C(C)CNS(=O)C(C)C)CC3)cc2)cc1. The Morgan fingerprint density at radius 3 is 2.19 bits per heavy atom. The van der Waals surface area contributed by atoms with Gasteiger partial charge in [-0.25, -0.2) is 22.1 Å². The van der Waals surface area contributed by atoms with Gasteiger partial charge < -0.3 is 0 Å². The summed E-state index contributed by atoms with van der Waals surface area (Å²) in [5, 5.41) is 0.140. The number of hydrogen-bond donors (Lipinski definition) is 2. The van der Waals surface area contributed by atoms with Crippen LogP contribution in [0.25, 0.3) is 5.57 Å². The van der Waals surface area contributed by atoms with Crippen molar-refractivity contribution in [2.24, 2.45) is 11.8 Å². The van der Waals surface area contributed by atoms with Gasteiger partial charge in [-0.2, -0.15) is 0 Å². The first-order chi connectivity index (χ1) is 17.2. The summed E-state index contributed by atoms with van der Waals surface area (Å²) in [6.07, 6.45) is 6.25. The highest BCUT2D eigenvalue weighted by Crippen LogP contribution is 2.34. The molecule has 0 aliphatic heterocycles. The zero-order valence-corrected chi connectivity index (χ0v) is 24.3. The molecule has 3 rings (SSSR count). The van der Waals surface area contributed by atoms with Crippen LogP contribution in [-0.4, -0.2) is 31.0 Å². The van der Waals surface area contributed by atoms with Gasteiger partial charge in [-0.15, -0.1) is 0 Å². The monoisotopic (exact) mass is 532 g/mol. The molecule has 2 N–H and O–H groups in total. The maximum Gasteiger partial charge on any atom is 0.240 e. The van der Waals surface area contributed by atoms with Crippen LogP contribution < -0.4 is 9.44 Å². The van der Waals surface area contributed by atoms with E-state index in [0.29, 0.717) is 29.7 Å². The summed E-state index contributed by atoms with van der Waals surface area (Å²) in [5.74, 6) is 1.10. The second-order valence-corrected chi connectivity index (χ2v) is 13.2. The van der Waals surface area contributed by atoms with Crippen molar-refractivity contribution in [1.82, 2.24) is 9.44 Å². The number of sulfonamides is 1. The lowest BCUT2D eigenvalue weighted by Gasteiger charge is -2.28. The maximum absolute atomic E-state index is 12.4. The molecule has 1 aliphatic carbocycles. The Kier molecular flexibility index (Phi) is 12.5. The number of nitrogens with one attached hydrogen (secondary N) is 2. The molecule has 2 aromatic carbocycles. The topological polar surface area (TPSA) is 75.3 Å². The quantitative estimate of drug-likeness (QED) is 0.371. The lowest BCUT2D eigenvalue weighted by Crippen LogP contribution is -2.31. The molecule has 3 atom stereocenters. The van der Waals surface area contributed by atoms with E-state index in [1.807, 2.05) is 46.8 Å². The first kappa shape index (κ1) is 30.4. The van der Waals surface area contributed by atoms with Crippen LogP contribution in [0.15, 0.2) is 59.5 Å². The van der Waals surface area contributed by atoms with E-state index in [1.54, 1.807) is 12.1 Å². The van der Waals surface area contributed by atoms with Crippen LogP contribution in [0.1, 0.15) is 70.6 Å². The van der Waals surface area contributed by atoms with E-state index < -0.39 is 21.0 Å². The molecule has 0 amide bonds. The highest BCUT2D eigenvalue weighted by molar-refractivity contribution is 7.89. The van der Waals surface area contributed by atoms with Crippen LogP contribution in [0.3, 0.4) is 0 Å². The van der Waals surface area contributed by atoms with Crippen LogP contribution in [0.2, 0.25) is 0 Å². The van der Waals surface area contributed by atoms with Crippen molar-refractivity contribution in [2.45, 2.75) is 77.4 Å².